The standard InChI is InChI=1S/C28H31N3O6/c1-3-36-28(34)22-10-7-15-30(18-22)26(32)19-31(17-20-8-5-4-6-9-20)27(33)24-16-25(37-29-24)21-11-13-23(35-2)14-12-21/h4-6,8-9,11-14,16,22H,3,7,10,15,17-19H2,1-2H3/t22-/m0/s1. The Balaban J connectivity index is 1.51. The summed E-state index contributed by atoms with van der Waals surface area (Å²) in [4.78, 5) is 42.1. The topological polar surface area (TPSA) is 102 Å². The molecule has 1 fully saturated rings. The van der Waals surface area contributed by atoms with E-state index in [1.165, 1.54) is 4.90 Å². The highest BCUT2D eigenvalue weighted by molar-refractivity contribution is 5.95. The highest BCUT2D eigenvalue weighted by atomic mass is 16.5. The number of ether oxygens (including phenoxy) is 2. The van der Waals surface area contributed by atoms with Crippen LogP contribution in [0, 0.1) is 5.92 Å². The third-order valence-corrected chi connectivity index (χ3v) is 6.33. The van der Waals surface area contributed by atoms with E-state index in [-0.39, 0.29) is 43.1 Å². The zero-order valence-corrected chi connectivity index (χ0v) is 21.1. The van der Waals surface area contributed by atoms with Crippen molar-refractivity contribution in [3.8, 4) is 17.1 Å². The largest absolute Gasteiger partial charge is 0.497 e. The van der Waals surface area contributed by atoms with Crippen molar-refractivity contribution in [3.63, 3.8) is 0 Å². The highest BCUT2D eigenvalue weighted by Crippen LogP contribution is 2.24. The molecule has 0 radical (unpaired) electrons. The number of aromatic nitrogens is 1. The fourth-order valence-corrected chi connectivity index (χ4v) is 4.35. The first-order chi connectivity index (χ1) is 18.0. The van der Waals surface area contributed by atoms with E-state index in [2.05, 4.69) is 5.16 Å². The van der Waals surface area contributed by atoms with E-state index in [4.69, 9.17) is 14.0 Å². The Kier molecular flexibility index (Phi) is 8.56. The zero-order valence-electron chi connectivity index (χ0n) is 21.1. The summed E-state index contributed by atoms with van der Waals surface area (Å²) in [7, 11) is 1.59. The third kappa shape index (κ3) is 6.55. The van der Waals surface area contributed by atoms with E-state index >= 15 is 0 Å². The first-order valence-electron chi connectivity index (χ1n) is 12.4. The quantitative estimate of drug-likeness (QED) is 0.408. The van der Waals surface area contributed by atoms with Crippen molar-refractivity contribution in [1.82, 2.24) is 15.0 Å². The van der Waals surface area contributed by atoms with Gasteiger partial charge in [-0.2, -0.15) is 0 Å². The monoisotopic (exact) mass is 505 g/mol. The number of esters is 1. The summed E-state index contributed by atoms with van der Waals surface area (Å²) >= 11 is 0. The van der Waals surface area contributed by atoms with Crippen LogP contribution in [0.15, 0.2) is 65.2 Å². The van der Waals surface area contributed by atoms with Crippen LogP contribution >= 0.6 is 0 Å². The second-order valence-electron chi connectivity index (χ2n) is 8.88. The van der Waals surface area contributed by atoms with E-state index in [1.807, 2.05) is 42.5 Å². The van der Waals surface area contributed by atoms with Crippen LogP contribution in [0.2, 0.25) is 0 Å². The predicted molar refractivity (Wildman–Crippen MR) is 136 cm³/mol. The van der Waals surface area contributed by atoms with Gasteiger partial charge in [-0.25, -0.2) is 0 Å². The molecular formula is C28H31N3O6. The van der Waals surface area contributed by atoms with Crippen molar-refractivity contribution < 1.29 is 28.4 Å². The van der Waals surface area contributed by atoms with Crippen LogP contribution in [-0.2, 0) is 20.9 Å². The SMILES string of the molecule is CCOC(=O)[C@H]1CCCN(C(=O)CN(Cc2ccccc2)C(=O)c2cc(-c3ccc(OC)cc3)on2)C1. The number of carbonyl (C=O) groups is 3. The molecule has 0 N–H and O–H groups in total. The summed E-state index contributed by atoms with van der Waals surface area (Å²) in [6.07, 6.45) is 1.39. The molecule has 37 heavy (non-hydrogen) atoms. The lowest BCUT2D eigenvalue weighted by Gasteiger charge is -2.33. The zero-order chi connectivity index (χ0) is 26.2. The molecule has 2 amide bonds. The molecule has 2 aromatic carbocycles. The number of likely N-dealkylation sites (tertiary alicyclic amines) is 1. The van der Waals surface area contributed by atoms with Gasteiger partial charge in [0.2, 0.25) is 5.91 Å². The van der Waals surface area contributed by atoms with Crippen LogP contribution in [0.25, 0.3) is 11.3 Å². The van der Waals surface area contributed by atoms with Gasteiger partial charge in [0, 0.05) is 31.3 Å². The number of piperidine rings is 1. The summed E-state index contributed by atoms with van der Waals surface area (Å²) in [6.45, 7) is 2.98. The number of hydrogen-bond acceptors (Lipinski definition) is 7. The highest BCUT2D eigenvalue weighted by Gasteiger charge is 2.31. The van der Waals surface area contributed by atoms with Crippen molar-refractivity contribution in [2.45, 2.75) is 26.3 Å². The minimum absolute atomic E-state index is 0.109. The van der Waals surface area contributed by atoms with Gasteiger partial charge < -0.3 is 23.8 Å². The molecule has 9 nitrogen and oxygen atoms in total. The van der Waals surface area contributed by atoms with Gasteiger partial charge in [-0.3, -0.25) is 14.4 Å². The van der Waals surface area contributed by atoms with E-state index in [9.17, 15) is 14.4 Å². The summed E-state index contributed by atoms with van der Waals surface area (Å²) in [5.74, 6) is -0.137. The smallest absolute Gasteiger partial charge is 0.310 e. The van der Waals surface area contributed by atoms with Gasteiger partial charge in [0.25, 0.3) is 5.91 Å². The fourth-order valence-electron chi connectivity index (χ4n) is 4.35. The minimum Gasteiger partial charge on any atom is -0.497 e. The molecule has 0 spiro atoms. The Labute approximate surface area is 215 Å². The average molecular weight is 506 g/mol. The fraction of sp³-hybridized carbons (Fsp3) is 0.357. The number of methoxy groups -OCH3 is 1. The van der Waals surface area contributed by atoms with Gasteiger partial charge in [0.15, 0.2) is 11.5 Å². The van der Waals surface area contributed by atoms with Crippen LogP contribution in [0.3, 0.4) is 0 Å². The number of amides is 2. The van der Waals surface area contributed by atoms with Crippen LogP contribution in [-0.4, -0.2) is 66.1 Å². The van der Waals surface area contributed by atoms with E-state index < -0.39 is 5.91 Å². The second kappa shape index (κ2) is 12.2. The van der Waals surface area contributed by atoms with Crippen LogP contribution in [0.5, 0.6) is 5.75 Å². The molecule has 0 aliphatic carbocycles. The first-order valence-corrected chi connectivity index (χ1v) is 12.4. The number of carbonyl (C=O) groups excluding carboxylic acids is 3. The normalized spacial score (nSPS) is 15.2. The van der Waals surface area contributed by atoms with E-state index in [1.54, 1.807) is 37.1 Å². The maximum atomic E-state index is 13.5. The van der Waals surface area contributed by atoms with Crippen molar-refractivity contribution in [1.29, 1.82) is 0 Å². The maximum absolute atomic E-state index is 13.5. The molecule has 1 aromatic heterocycles. The van der Waals surface area contributed by atoms with Crippen LogP contribution in [0.4, 0.5) is 0 Å². The lowest BCUT2D eigenvalue weighted by atomic mass is 9.98. The molecule has 0 bridgehead atoms. The molecule has 1 aliphatic rings. The Morgan fingerprint density at radius 2 is 1.86 bits per heavy atom. The van der Waals surface area contributed by atoms with Crippen molar-refractivity contribution in [3.05, 3.63) is 71.9 Å². The number of rotatable bonds is 9. The van der Waals surface area contributed by atoms with Crippen molar-refractivity contribution in [2.24, 2.45) is 5.92 Å². The molecule has 2 heterocycles. The Morgan fingerprint density at radius 3 is 2.57 bits per heavy atom. The molecular weight excluding hydrogens is 474 g/mol. The lowest BCUT2D eigenvalue weighted by Crippen LogP contribution is -2.47. The van der Waals surface area contributed by atoms with E-state index in [0.717, 1.165) is 11.1 Å². The summed E-state index contributed by atoms with van der Waals surface area (Å²) in [5, 5.41) is 3.99. The second-order valence-corrected chi connectivity index (χ2v) is 8.88. The van der Waals surface area contributed by atoms with Gasteiger partial charge in [0.1, 0.15) is 12.3 Å². The number of hydrogen-bond donors (Lipinski definition) is 0. The molecule has 0 saturated carbocycles. The summed E-state index contributed by atoms with van der Waals surface area (Å²) in [6, 6.07) is 18.2. The van der Waals surface area contributed by atoms with Gasteiger partial charge >= 0.3 is 5.97 Å². The van der Waals surface area contributed by atoms with Gasteiger partial charge in [0.05, 0.1) is 19.6 Å². The predicted octanol–water partition coefficient (Wildman–Crippen LogP) is 3.79. The molecule has 194 valence electrons. The minimum atomic E-state index is -0.417. The van der Waals surface area contributed by atoms with Crippen molar-refractivity contribution >= 4 is 17.8 Å². The lowest BCUT2D eigenvalue weighted by molar-refractivity contribution is -0.151. The molecule has 1 saturated heterocycles. The molecule has 9 heteroatoms. The molecule has 0 unspecified atom stereocenters. The summed E-state index contributed by atoms with van der Waals surface area (Å²) in [5.41, 5.74) is 1.74. The third-order valence-electron chi connectivity index (χ3n) is 6.33. The van der Waals surface area contributed by atoms with Gasteiger partial charge in [-0.1, -0.05) is 35.5 Å². The molecule has 1 atom stereocenters. The Bertz CT molecular complexity index is 1210. The number of benzene rings is 2. The molecule has 4 rings (SSSR count). The van der Waals surface area contributed by atoms with Crippen LogP contribution in [0.1, 0.15) is 35.8 Å². The Morgan fingerprint density at radius 1 is 1.11 bits per heavy atom. The van der Waals surface area contributed by atoms with Crippen LogP contribution < -0.4 is 4.74 Å². The molecule has 3 aromatic rings. The number of nitrogens with zero attached hydrogens (tertiary/aromatic N) is 3. The first kappa shape index (κ1) is 25.9. The van der Waals surface area contributed by atoms with Crippen molar-refractivity contribution in [2.75, 3.05) is 33.4 Å². The summed E-state index contributed by atoms with van der Waals surface area (Å²) < 4.78 is 15.8. The van der Waals surface area contributed by atoms with E-state index in [0.29, 0.717) is 37.5 Å². The van der Waals surface area contributed by atoms with Gasteiger partial charge in [-0.15, -0.1) is 0 Å². The van der Waals surface area contributed by atoms with Gasteiger partial charge in [-0.05, 0) is 49.6 Å². The Hall–Kier alpha value is -4.14. The molecule has 1 aliphatic heterocycles. The maximum Gasteiger partial charge on any atom is 0.310 e. The average Bonchev–Trinajstić information content (AvgIpc) is 3.43.